The molecule has 7 heteroatoms. The van der Waals surface area contributed by atoms with Crippen molar-refractivity contribution in [2.75, 3.05) is 11.9 Å². The first kappa shape index (κ1) is 12.0. The molecule has 0 saturated heterocycles. The van der Waals surface area contributed by atoms with E-state index < -0.39 is 5.97 Å². The minimum absolute atomic E-state index is 0.159. The van der Waals surface area contributed by atoms with Crippen molar-refractivity contribution in [1.82, 2.24) is 19.7 Å². The van der Waals surface area contributed by atoms with Gasteiger partial charge in [0.15, 0.2) is 5.82 Å². The molecule has 0 saturated carbocycles. The van der Waals surface area contributed by atoms with Crippen molar-refractivity contribution >= 4 is 11.7 Å². The standard InChI is InChI=1S/C11H13N5O2/c1-16-7-14-10(15-16)3-5-13-9-2-4-12-6-8(9)11(17)18/h2,4,6-7H,3,5H2,1H3,(H,12,13)(H,17,18). The van der Waals surface area contributed by atoms with Gasteiger partial charge in [-0.1, -0.05) is 0 Å². The molecule has 2 rings (SSSR count). The number of carboxylic acid groups (broad SMARTS) is 1. The van der Waals surface area contributed by atoms with E-state index in [-0.39, 0.29) is 5.56 Å². The van der Waals surface area contributed by atoms with Gasteiger partial charge < -0.3 is 10.4 Å². The highest BCUT2D eigenvalue weighted by Crippen LogP contribution is 2.12. The Kier molecular flexibility index (Phi) is 3.52. The van der Waals surface area contributed by atoms with E-state index >= 15 is 0 Å². The van der Waals surface area contributed by atoms with Gasteiger partial charge in [0.1, 0.15) is 11.9 Å². The highest BCUT2D eigenvalue weighted by atomic mass is 16.4. The van der Waals surface area contributed by atoms with Crippen molar-refractivity contribution in [3.05, 3.63) is 36.2 Å². The van der Waals surface area contributed by atoms with Crippen molar-refractivity contribution in [3.63, 3.8) is 0 Å². The zero-order chi connectivity index (χ0) is 13.0. The molecular weight excluding hydrogens is 234 g/mol. The SMILES string of the molecule is Cn1cnc(CCNc2ccncc2C(=O)O)n1. The van der Waals surface area contributed by atoms with Crippen LogP contribution in [-0.4, -0.2) is 37.4 Å². The minimum atomic E-state index is -0.999. The zero-order valence-corrected chi connectivity index (χ0v) is 9.87. The number of anilines is 1. The van der Waals surface area contributed by atoms with Gasteiger partial charge in [0, 0.05) is 32.4 Å². The summed E-state index contributed by atoms with van der Waals surface area (Å²) in [6.07, 6.45) is 5.13. The van der Waals surface area contributed by atoms with Crippen LogP contribution in [0.1, 0.15) is 16.2 Å². The van der Waals surface area contributed by atoms with Crippen LogP contribution in [0.15, 0.2) is 24.8 Å². The quantitative estimate of drug-likeness (QED) is 0.802. The second-order valence-corrected chi connectivity index (χ2v) is 3.74. The fraction of sp³-hybridized carbons (Fsp3) is 0.273. The van der Waals surface area contributed by atoms with E-state index in [4.69, 9.17) is 5.11 Å². The molecule has 0 atom stereocenters. The van der Waals surface area contributed by atoms with Gasteiger partial charge in [0.2, 0.25) is 0 Å². The van der Waals surface area contributed by atoms with E-state index in [9.17, 15) is 4.79 Å². The molecule has 0 radical (unpaired) electrons. The maximum atomic E-state index is 11.0. The molecule has 0 aliphatic rings. The van der Waals surface area contributed by atoms with Gasteiger partial charge in [-0.2, -0.15) is 5.10 Å². The van der Waals surface area contributed by atoms with Crippen molar-refractivity contribution in [2.24, 2.45) is 7.05 Å². The number of aromatic carboxylic acids is 1. The molecule has 0 unspecified atom stereocenters. The molecule has 2 heterocycles. The number of aryl methyl sites for hydroxylation is 1. The van der Waals surface area contributed by atoms with Crippen LogP contribution < -0.4 is 5.32 Å². The van der Waals surface area contributed by atoms with E-state index in [1.807, 2.05) is 0 Å². The third-order valence-corrected chi connectivity index (χ3v) is 2.36. The molecule has 2 N–H and O–H groups in total. The van der Waals surface area contributed by atoms with E-state index in [1.165, 1.54) is 6.20 Å². The largest absolute Gasteiger partial charge is 0.478 e. The van der Waals surface area contributed by atoms with Crippen LogP contribution in [-0.2, 0) is 13.5 Å². The number of hydrogen-bond acceptors (Lipinski definition) is 5. The average molecular weight is 247 g/mol. The molecule has 7 nitrogen and oxygen atoms in total. The van der Waals surface area contributed by atoms with Crippen LogP contribution >= 0.6 is 0 Å². The van der Waals surface area contributed by atoms with Crippen molar-refractivity contribution in [2.45, 2.75) is 6.42 Å². The van der Waals surface area contributed by atoms with Crippen LogP contribution in [0.2, 0.25) is 0 Å². The number of aromatic nitrogens is 4. The minimum Gasteiger partial charge on any atom is -0.478 e. The average Bonchev–Trinajstić information content (AvgIpc) is 2.75. The topological polar surface area (TPSA) is 92.9 Å². The van der Waals surface area contributed by atoms with Crippen LogP contribution in [0.25, 0.3) is 0 Å². The molecule has 0 aromatic carbocycles. The molecule has 0 fully saturated rings. The Balaban J connectivity index is 1.96. The van der Waals surface area contributed by atoms with Crippen LogP contribution in [0.5, 0.6) is 0 Å². The van der Waals surface area contributed by atoms with Crippen LogP contribution in [0.4, 0.5) is 5.69 Å². The summed E-state index contributed by atoms with van der Waals surface area (Å²) in [6.45, 7) is 0.564. The van der Waals surface area contributed by atoms with E-state index in [0.29, 0.717) is 18.7 Å². The highest BCUT2D eigenvalue weighted by Gasteiger charge is 2.09. The molecule has 2 aromatic rings. The number of nitrogens with zero attached hydrogens (tertiary/aromatic N) is 4. The van der Waals surface area contributed by atoms with Crippen molar-refractivity contribution in [1.29, 1.82) is 0 Å². The number of carboxylic acids is 1. The molecule has 0 bridgehead atoms. The maximum absolute atomic E-state index is 11.0. The van der Waals surface area contributed by atoms with E-state index in [1.54, 1.807) is 30.3 Å². The third-order valence-electron chi connectivity index (χ3n) is 2.36. The molecular formula is C11H13N5O2. The summed E-state index contributed by atoms with van der Waals surface area (Å²) in [5.74, 6) is -0.280. The molecule has 94 valence electrons. The Morgan fingerprint density at radius 2 is 2.39 bits per heavy atom. The van der Waals surface area contributed by atoms with Crippen molar-refractivity contribution in [3.8, 4) is 0 Å². The Hall–Kier alpha value is -2.44. The third kappa shape index (κ3) is 2.82. The van der Waals surface area contributed by atoms with Crippen molar-refractivity contribution < 1.29 is 9.90 Å². The lowest BCUT2D eigenvalue weighted by atomic mass is 10.2. The number of nitrogens with one attached hydrogen (secondary N) is 1. The highest BCUT2D eigenvalue weighted by molar-refractivity contribution is 5.93. The molecule has 0 aliphatic carbocycles. The number of rotatable bonds is 5. The van der Waals surface area contributed by atoms with Gasteiger partial charge in [0.25, 0.3) is 0 Å². The van der Waals surface area contributed by atoms with Crippen LogP contribution in [0, 0.1) is 0 Å². The predicted molar refractivity (Wildman–Crippen MR) is 64.4 cm³/mol. The monoisotopic (exact) mass is 247 g/mol. The first-order valence-corrected chi connectivity index (χ1v) is 5.42. The Morgan fingerprint density at radius 1 is 1.56 bits per heavy atom. The summed E-state index contributed by atoms with van der Waals surface area (Å²) in [4.78, 5) is 18.8. The van der Waals surface area contributed by atoms with Gasteiger partial charge >= 0.3 is 5.97 Å². The first-order valence-electron chi connectivity index (χ1n) is 5.42. The van der Waals surface area contributed by atoms with Crippen LogP contribution in [0.3, 0.4) is 0 Å². The Labute approximate surface area is 104 Å². The lowest BCUT2D eigenvalue weighted by Gasteiger charge is -2.07. The lowest BCUT2D eigenvalue weighted by molar-refractivity contribution is 0.0697. The fourth-order valence-corrected chi connectivity index (χ4v) is 1.53. The van der Waals surface area contributed by atoms with E-state index in [0.717, 1.165) is 5.82 Å². The van der Waals surface area contributed by atoms with Gasteiger partial charge in [-0.25, -0.2) is 9.78 Å². The summed E-state index contributed by atoms with van der Waals surface area (Å²) in [6, 6.07) is 1.63. The number of pyridine rings is 1. The number of hydrogen-bond donors (Lipinski definition) is 2. The Bertz CT molecular complexity index is 552. The zero-order valence-electron chi connectivity index (χ0n) is 9.87. The summed E-state index contributed by atoms with van der Waals surface area (Å²) in [5, 5.41) is 16.2. The maximum Gasteiger partial charge on any atom is 0.339 e. The second-order valence-electron chi connectivity index (χ2n) is 3.74. The molecule has 18 heavy (non-hydrogen) atoms. The van der Waals surface area contributed by atoms with Gasteiger partial charge in [-0.15, -0.1) is 0 Å². The second kappa shape index (κ2) is 5.26. The van der Waals surface area contributed by atoms with E-state index in [2.05, 4.69) is 20.4 Å². The smallest absolute Gasteiger partial charge is 0.339 e. The normalized spacial score (nSPS) is 10.3. The Morgan fingerprint density at radius 3 is 3.06 bits per heavy atom. The fourth-order valence-electron chi connectivity index (χ4n) is 1.53. The lowest BCUT2D eigenvalue weighted by Crippen LogP contribution is -2.10. The summed E-state index contributed by atoms with van der Waals surface area (Å²) in [5.41, 5.74) is 0.708. The molecule has 0 spiro atoms. The molecule has 0 amide bonds. The predicted octanol–water partition coefficient (Wildman–Crippen LogP) is 0.563. The molecule has 2 aromatic heterocycles. The summed E-state index contributed by atoms with van der Waals surface area (Å²) < 4.78 is 1.63. The van der Waals surface area contributed by atoms with Gasteiger partial charge in [-0.05, 0) is 6.07 Å². The summed E-state index contributed by atoms with van der Waals surface area (Å²) in [7, 11) is 1.80. The number of carbonyl (C=O) groups is 1. The van der Waals surface area contributed by atoms with Gasteiger partial charge in [-0.3, -0.25) is 9.67 Å². The van der Waals surface area contributed by atoms with Gasteiger partial charge in [0.05, 0.1) is 5.69 Å². The molecule has 0 aliphatic heterocycles. The first-order chi connectivity index (χ1) is 8.66. The summed E-state index contributed by atoms with van der Waals surface area (Å²) >= 11 is 0.